The Balaban J connectivity index is 2.81. The summed E-state index contributed by atoms with van der Waals surface area (Å²) in [5, 5.41) is 8.58. The second kappa shape index (κ2) is 3.02. The summed E-state index contributed by atoms with van der Waals surface area (Å²) >= 11 is 0. The minimum atomic E-state index is -0.433. The Kier molecular flexibility index (Phi) is 2.07. The van der Waals surface area contributed by atoms with E-state index in [0.717, 1.165) is 0 Å². The van der Waals surface area contributed by atoms with Crippen LogP contribution in [0, 0.1) is 11.3 Å². The van der Waals surface area contributed by atoms with Crippen molar-refractivity contribution in [3.05, 3.63) is 24.4 Å². The quantitative estimate of drug-likeness (QED) is 0.510. The van der Waals surface area contributed by atoms with E-state index in [-0.39, 0.29) is 5.91 Å². The molecule has 11 heavy (non-hydrogen) atoms. The molecule has 1 aliphatic rings. The number of allylic oxidation sites excluding steroid dienone is 2. The van der Waals surface area contributed by atoms with Gasteiger partial charge in [-0.2, -0.15) is 5.26 Å². The van der Waals surface area contributed by atoms with Gasteiger partial charge < -0.3 is 0 Å². The summed E-state index contributed by atoms with van der Waals surface area (Å²) < 4.78 is 0. The number of amides is 1. The Morgan fingerprint density at radius 1 is 1.64 bits per heavy atom. The Hall–Kier alpha value is -1.56. The van der Waals surface area contributed by atoms with E-state index in [9.17, 15) is 4.79 Å². The summed E-state index contributed by atoms with van der Waals surface area (Å²) in [6, 6.07) is 1.57. The average Bonchev–Trinajstić information content (AvgIpc) is 2.04. The van der Waals surface area contributed by atoms with E-state index >= 15 is 0 Å². The van der Waals surface area contributed by atoms with Crippen LogP contribution in [0.15, 0.2) is 24.4 Å². The zero-order valence-electron chi connectivity index (χ0n) is 6.19. The molecule has 0 N–H and O–H groups in total. The summed E-state index contributed by atoms with van der Waals surface area (Å²) in [6.07, 6.45) is 6.78. The normalized spacial score (nSPS) is 21.5. The van der Waals surface area contributed by atoms with Crippen molar-refractivity contribution >= 4 is 5.91 Å². The number of nitriles is 1. The van der Waals surface area contributed by atoms with Crippen molar-refractivity contribution in [2.75, 3.05) is 0 Å². The van der Waals surface area contributed by atoms with Gasteiger partial charge in [-0.05, 0) is 12.2 Å². The fraction of sp³-hybridized carbons (Fsp3) is 0.250. The van der Waals surface area contributed by atoms with Gasteiger partial charge in [0.05, 0.1) is 6.07 Å². The molecule has 1 amide bonds. The minimum absolute atomic E-state index is 0.114. The van der Waals surface area contributed by atoms with Crippen LogP contribution in [0.5, 0.6) is 0 Å². The van der Waals surface area contributed by atoms with Crippen LogP contribution < -0.4 is 0 Å². The van der Waals surface area contributed by atoms with Crippen molar-refractivity contribution in [1.29, 1.82) is 5.26 Å². The molecule has 0 radical (unpaired) electrons. The zero-order chi connectivity index (χ0) is 8.27. The molecule has 0 aromatic rings. The number of carbonyl (C=O) groups is 1. The van der Waals surface area contributed by atoms with E-state index in [4.69, 9.17) is 5.26 Å². The van der Waals surface area contributed by atoms with Crippen LogP contribution in [0.4, 0.5) is 0 Å². The summed E-state index contributed by atoms with van der Waals surface area (Å²) in [6.45, 7) is 1.44. The monoisotopic (exact) mass is 148 g/mol. The molecule has 3 nitrogen and oxygen atoms in total. The highest BCUT2D eigenvalue weighted by atomic mass is 16.2. The van der Waals surface area contributed by atoms with Crippen molar-refractivity contribution in [2.24, 2.45) is 0 Å². The topological polar surface area (TPSA) is 44.1 Å². The third kappa shape index (κ3) is 1.47. The van der Waals surface area contributed by atoms with Gasteiger partial charge in [-0.25, -0.2) is 0 Å². The number of rotatable bonds is 0. The van der Waals surface area contributed by atoms with Crippen LogP contribution in [-0.4, -0.2) is 16.8 Å². The van der Waals surface area contributed by atoms with Gasteiger partial charge in [0.2, 0.25) is 5.91 Å². The van der Waals surface area contributed by atoms with Crippen LogP contribution >= 0.6 is 0 Å². The van der Waals surface area contributed by atoms with E-state index in [1.807, 2.05) is 6.07 Å². The van der Waals surface area contributed by atoms with E-state index in [2.05, 4.69) is 0 Å². The third-order valence-electron chi connectivity index (χ3n) is 1.45. The van der Waals surface area contributed by atoms with Gasteiger partial charge in [-0.3, -0.25) is 9.69 Å². The molecule has 0 aliphatic carbocycles. The van der Waals surface area contributed by atoms with Crippen molar-refractivity contribution in [3.8, 4) is 6.07 Å². The fourth-order valence-electron chi connectivity index (χ4n) is 0.903. The standard InChI is InChI=1S/C8H8N2O/c1-7(11)10-5-3-2-4-8(10)6-9/h2-5,8H,1H3/t8-/m1/s1. The molecule has 0 aromatic heterocycles. The van der Waals surface area contributed by atoms with E-state index in [0.29, 0.717) is 0 Å². The molecule has 1 heterocycles. The van der Waals surface area contributed by atoms with Crippen LogP contribution in [0.1, 0.15) is 6.92 Å². The van der Waals surface area contributed by atoms with Crippen molar-refractivity contribution in [1.82, 2.24) is 4.90 Å². The van der Waals surface area contributed by atoms with Crippen molar-refractivity contribution < 1.29 is 4.79 Å². The zero-order valence-corrected chi connectivity index (χ0v) is 6.19. The first-order chi connectivity index (χ1) is 5.25. The number of hydrogen-bond donors (Lipinski definition) is 0. The lowest BCUT2D eigenvalue weighted by Gasteiger charge is -2.21. The van der Waals surface area contributed by atoms with Gasteiger partial charge >= 0.3 is 0 Å². The van der Waals surface area contributed by atoms with Gasteiger partial charge in [0.25, 0.3) is 0 Å². The molecular formula is C8H8N2O. The summed E-state index contributed by atoms with van der Waals surface area (Å²) in [4.78, 5) is 12.2. The lowest BCUT2D eigenvalue weighted by Crippen LogP contribution is -2.33. The fourth-order valence-corrected chi connectivity index (χ4v) is 0.903. The highest BCUT2D eigenvalue weighted by Crippen LogP contribution is 2.06. The number of hydrogen-bond acceptors (Lipinski definition) is 2. The molecule has 3 heteroatoms. The van der Waals surface area contributed by atoms with Gasteiger partial charge in [0, 0.05) is 13.1 Å². The van der Waals surface area contributed by atoms with Gasteiger partial charge in [-0.15, -0.1) is 0 Å². The Bertz CT molecular complexity index is 260. The Morgan fingerprint density at radius 2 is 2.36 bits per heavy atom. The molecular weight excluding hydrogens is 140 g/mol. The maximum atomic E-state index is 10.9. The lowest BCUT2D eigenvalue weighted by molar-refractivity contribution is -0.126. The molecule has 0 spiro atoms. The van der Waals surface area contributed by atoms with E-state index in [1.165, 1.54) is 11.8 Å². The second-order valence-electron chi connectivity index (χ2n) is 2.23. The van der Waals surface area contributed by atoms with Crippen molar-refractivity contribution in [3.63, 3.8) is 0 Å². The number of nitrogens with zero attached hydrogens (tertiary/aromatic N) is 2. The summed E-state index contributed by atoms with van der Waals surface area (Å²) in [7, 11) is 0. The predicted octanol–water partition coefficient (Wildman–Crippen LogP) is 0.811. The first-order valence-corrected chi connectivity index (χ1v) is 3.29. The Labute approximate surface area is 65.2 Å². The second-order valence-corrected chi connectivity index (χ2v) is 2.23. The van der Waals surface area contributed by atoms with Gasteiger partial charge in [0.15, 0.2) is 0 Å². The molecule has 1 rings (SSSR count). The van der Waals surface area contributed by atoms with Gasteiger partial charge in [-0.1, -0.05) is 6.08 Å². The van der Waals surface area contributed by atoms with E-state index < -0.39 is 6.04 Å². The summed E-state index contributed by atoms with van der Waals surface area (Å²) in [5.74, 6) is -0.114. The molecule has 1 atom stereocenters. The third-order valence-corrected chi connectivity index (χ3v) is 1.45. The maximum absolute atomic E-state index is 10.9. The lowest BCUT2D eigenvalue weighted by atomic mass is 10.2. The summed E-state index contributed by atoms with van der Waals surface area (Å²) in [5.41, 5.74) is 0. The smallest absolute Gasteiger partial charge is 0.224 e. The predicted molar refractivity (Wildman–Crippen MR) is 40.2 cm³/mol. The van der Waals surface area contributed by atoms with Crippen LogP contribution in [0.2, 0.25) is 0 Å². The molecule has 0 unspecified atom stereocenters. The molecule has 0 bridgehead atoms. The first kappa shape index (κ1) is 7.55. The molecule has 0 saturated heterocycles. The van der Waals surface area contributed by atoms with Crippen molar-refractivity contribution in [2.45, 2.75) is 13.0 Å². The van der Waals surface area contributed by atoms with Gasteiger partial charge in [0.1, 0.15) is 6.04 Å². The largest absolute Gasteiger partial charge is 0.299 e. The maximum Gasteiger partial charge on any atom is 0.224 e. The van der Waals surface area contributed by atoms with Crippen LogP contribution in [-0.2, 0) is 4.79 Å². The minimum Gasteiger partial charge on any atom is -0.299 e. The Morgan fingerprint density at radius 3 is 2.82 bits per heavy atom. The van der Waals surface area contributed by atoms with Crippen LogP contribution in [0.3, 0.4) is 0 Å². The average molecular weight is 148 g/mol. The van der Waals surface area contributed by atoms with E-state index in [1.54, 1.807) is 24.4 Å². The highest BCUT2D eigenvalue weighted by Gasteiger charge is 2.16. The molecule has 56 valence electrons. The SMILES string of the molecule is CC(=O)N1C=CC=C[C@@H]1C#N. The van der Waals surface area contributed by atoms with Crippen LogP contribution in [0.25, 0.3) is 0 Å². The molecule has 0 aromatic carbocycles. The molecule has 0 fully saturated rings. The highest BCUT2D eigenvalue weighted by molar-refractivity contribution is 5.75. The molecule has 0 saturated carbocycles. The molecule has 1 aliphatic heterocycles. The first-order valence-electron chi connectivity index (χ1n) is 3.29. The number of carbonyl (C=O) groups excluding carboxylic acids is 1.